The molecule has 0 fully saturated rings. The monoisotopic (exact) mass is 313 g/mol. The van der Waals surface area contributed by atoms with Crippen LogP contribution in [0, 0.1) is 5.82 Å². The second-order valence-corrected chi connectivity index (χ2v) is 6.79. The third-order valence-electron chi connectivity index (χ3n) is 2.70. The van der Waals surface area contributed by atoms with E-state index in [0.717, 1.165) is 11.3 Å². The number of carboxylic acids is 1. The Morgan fingerprint density at radius 3 is 2.50 bits per heavy atom. The average molecular weight is 314 g/mol. The summed E-state index contributed by atoms with van der Waals surface area (Å²) >= 11 is 6.82. The van der Waals surface area contributed by atoms with Crippen LogP contribution in [0.15, 0.2) is 18.2 Å². The molecule has 0 radical (unpaired) electrons. The molecule has 2 rings (SSSR count). The molecule has 0 spiro atoms. The maximum atomic E-state index is 13.2. The molecule has 0 bridgehead atoms. The molecular formula is C14H13ClFNO2S. The average Bonchev–Trinajstić information content (AvgIpc) is 2.77. The van der Waals surface area contributed by atoms with Crippen molar-refractivity contribution in [3.8, 4) is 10.6 Å². The zero-order chi connectivity index (χ0) is 15.1. The van der Waals surface area contributed by atoms with Crippen LogP contribution in [0.2, 0.25) is 5.02 Å². The fourth-order valence-electron chi connectivity index (χ4n) is 1.73. The number of halogens is 2. The molecule has 0 amide bonds. The van der Waals surface area contributed by atoms with Crippen LogP contribution in [-0.2, 0) is 5.41 Å². The maximum Gasteiger partial charge on any atom is 0.347 e. The van der Waals surface area contributed by atoms with Crippen LogP contribution >= 0.6 is 22.9 Å². The van der Waals surface area contributed by atoms with Crippen molar-refractivity contribution in [3.05, 3.63) is 39.6 Å². The lowest BCUT2D eigenvalue weighted by Gasteiger charge is -2.16. The SMILES string of the molecule is CC(C)(C)c1nc(-c2ccc(F)c(Cl)c2)sc1C(=O)O. The van der Waals surface area contributed by atoms with E-state index in [0.29, 0.717) is 16.3 Å². The number of hydrogen-bond donors (Lipinski definition) is 1. The number of aromatic carboxylic acids is 1. The molecular weight excluding hydrogens is 301 g/mol. The summed E-state index contributed by atoms with van der Waals surface area (Å²) < 4.78 is 13.2. The highest BCUT2D eigenvalue weighted by Crippen LogP contribution is 2.35. The lowest BCUT2D eigenvalue weighted by atomic mass is 9.91. The fraction of sp³-hybridized carbons (Fsp3) is 0.286. The van der Waals surface area contributed by atoms with Gasteiger partial charge in [0, 0.05) is 11.0 Å². The van der Waals surface area contributed by atoms with Crippen molar-refractivity contribution in [3.63, 3.8) is 0 Å². The van der Waals surface area contributed by atoms with Crippen molar-refractivity contribution in [2.24, 2.45) is 0 Å². The predicted octanol–water partition coefficient (Wildman–Crippen LogP) is 4.60. The van der Waals surface area contributed by atoms with Gasteiger partial charge in [-0.3, -0.25) is 0 Å². The van der Waals surface area contributed by atoms with Crippen LogP contribution in [0.5, 0.6) is 0 Å². The highest BCUT2D eigenvalue weighted by atomic mass is 35.5. The Morgan fingerprint density at radius 1 is 1.40 bits per heavy atom. The highest BCUT2D eigenvalue weighted by molar-refractivity contribution is 7.17. The molecule has 106 valence electrons. The third kappa shape index (κ3) is 2.83. The van der Waals surface area contributed by atoms with Gasteiger partial charge in [-0.1, -0.05) is 32.4 Å². The molecule has 0 saturated carbocycles. The number of hydrogen-bond acceptors (Lipinski definition) is 3. The topological polar surface area (TPSA) is 50.2 Å². The number of benzene rings is 1. The number of aromatic nitrogens is 1. The first-order valence-electron chi connectivity index (χ1n) is 5.90. The summed E-state index contributed by atoms with van der Waals surface area (Å²) in [6, 6.07) is 4.24. The van der Waals surface area contributed by atoms with Gasteiger partial charge in [-0.15, -0.1) is 11.3 Å². The molecule has 2 aromatic rings. The van der Waals surface area contributed by atoms with Gasteiger partial charge in [0.05, 0.1) is 10.7 Å². The Balaban J connectivity index is 2.58. The van der Waals surface area contributed by atoms with E-state index in [9.17, 15) is 14.3 Å². The Morgan fingerprint density at radius 2 is 2.05 bits per heavy atom. The van der Waals surface area contributed by atoms with Gasteiger partial charge in [0.1, 0.15) is 15.7 Å². The quantitative estimate of drug-likeness (QED) is 0.881. The van der Waals surface area contributed by atoms with Gasteiger partial charge in [0.15, 0.2) is 0 Å². The van der Waals surface area contributed by atoms with E-state index in [-0.39, 0.29) is 15.3 Å². The molecule has 1 aromatic heterocycles. The van der Waals surface area contributed by atoms with Crippen LogP contribution in [0.1, 0.15) is 36.1 Å². The van der Waals surface area contributed by atoms with E-state index in [2.05, 4.69) is 4.98 Å². The second-order valence-electron chi connectivity index (χ2n) is 5.38. The minimum Gasteiger partial charge on any atom is -0.477 e. The van der Waals surface area contributed by atoms with Gasteiger partial charge in [-0.2, -0.15) is 0 Å². The van der Waals surface area contributed by atoms with Crippen molar-refractivity contribution in [2.75, 3.05) is 0 Å². The summed E-state index contributed by atoms with van der Waals surface area (Å²) in [5, 5.41) is 9.79. The number of carboxylic acid groups (broad SMARTS) is 1. The molecule has 1 heterocycles. The molecule has 0 aliphatic heterocycles. The second kappa shape index (κ2) is 5.14. The lowest BCUT2D eigenvalue weighted by Crippen LogP contribution is -2.16. The Labute approximate surface area is 125 Å². The van der Waals surface area contributed by atoms with Crippen LogP contribution < -0.4 is 0 Å². The zero-order valence-electron chi connectivity index (χ0n) is 11.2. The van der Waals surface area contributed by atoms with Crippen molar-refractivity contribution >= 4 is 28.9 Å². The van der Waals surface area contributed by atoms with Crippen molar-refractivity contribution in [1.29, 1.82) is 0 Å². The third-order valence-corrected chi connectivity index (χ3v) is 4.08. The molecule has 0 unspecified atom stereocenters. The zero-order valence-corrected chi connectivity index (χ0v) is 12.8. The van der Waals surface area contributed by atoms with Crippen molar-refractivity contribution in [2.45, 2.75) is 26.2 Å². The molecule has 1 N–H and O–H groups in total. The fourth-order valence-corrected chi connectivity index (χ4v) is 3.02. The van der Waals surface area contributed by atoms with E-state index in [1.807, 2.05) is 20.8 Å². The minimum absolute atomic E-state index is 0.00752. The van der Waals surface area contributed by atoms with Crippen LogP contribution in [0.4, 0.5) is 4.39 Å². The number of nitrogens with zero attached hydrogens (tertiary/aromatic N) is 1. The van der Waals surface area contributed by atoms with Gasteiger partial charge in [0.2, 0.25) is 0 Å². The van der Waals surface area contributed by atoms with Crippen molar-refractivity contribution < 1.29 is 14.3 Å². The van der Waals surface area contributed by atoms with Crippen molar-refractivity contribution in [1.82, 2.24) is 4.98 Å². The largest absolute Gasteiger partial charge is 0.477 e. The van der Waals surface area contributed by atoms with Gasteiger partial charge in [0.25, 0.3) is 0 Å². The Kier molecular flexibility index (Phi) is 3.84. The molecule has 3 nitrogen and oxygen atoms in total. The van der Waals surface area contributed by atoms with E-state index in [1.54, 1.807) is 0 Å². The summed E-state index contributed by atoms with van der Waals surface area (Å²) in [5.41, 5.74) is 0.747. The van der Waals surface area contributed by atoms with Crippen LogP contribution in [-0.4, -0.2) is 16.1 Å². The summed E-state index contributed by atoms with van der Waals surface area (Å²) in [6.45, 7) is 5.70. The molecule has 1 aromatic carbocycles. The van der Waals surface area contributed by atoms with Crippen LogP contribution in [0.25, 0.3) is 10.6 Å². The molecule has 0 saturated heterocycles. The van der Waals surface area contributed by atoms with Gasteiger partial charge < -0.3 is 5.11 Å². The van der Waals surface area contributed by atoms with Gasteiger partial charge in [-0.05, 0) is 18.2 Å². The summed E-state index contributed by atoms with van der Waals surface area (Å²) in [6.07, 6.45) is 0. The molecule has 0 aliphatic carbocycles. The summed E-state index contributed by atoms with van der Waals surface area (Å²) in [4.78, 5) is 15.9. The van der Waals surface area contributed by atoms with Gasteiger partial charge in [-0.25, -0.2) is 14.2 Å². The number of carbonyl (C=O) groups is 1. The van der Waals surface area contributed by atoms with E-state index in [1.165, 1.54) is 18.2 Å². The molecule has 6 heteroatoms. The van der Waals surface area contributed by atoms with E-state index >= 15 is 0 Å². The lowest BCUT2D eigenvalue weighted by molar-refractivity contribution is 0.0699. The first-order chi connectivity index (χ1) is 9.20. The molecule has 20 heavy (non-hydrogen) atoms. The molecule has 0 atom stereocenters. The maximum absolute atomic E-state index is 13.2. The highest BCUT2D eigenvalue weighted by Gasteiger charge is 2.27. The summed E-state index contributed by atoms with van der Waals surface area (Å²) in [5.74, 6) is -1.52. The normalized spacial score (nSPS) is 11.7. The Hall–Kier alpha value is -1.46. The smallest absolute Gasteiger partial charge is 0.347 e. The van der Waals surface area contributed by atoms with Gasteiger partial charge >= 0.3 is 5.97 Å². The standard InChI is InChI=1S/C14H13ClFNO2S/c1-14(2,3)11-10(13(18)19)20-12(17-11)7-4-5-9(16)8(15)6-7/h4-6H,1-3H3,(H,18,19). The first-order valence-corrected chi connectivity index (χ1v) is 7.09. The van der Waals surface area contributed by atoms with E-state index < -0.39 is 11.8 Å². The number of thiazole rings is 1. The number of rotatable bonds is 2. The minimum atomic E-state index is -1.01. The Bertz CT molecular complexity index is 676. The van der Waals surface area contributed by atoms with E-state index in [4.69, 9.17) is 11.6 Å². The summed E-state index contributed by atoms with van der Waals surface area (Å²) in [7, 11) is 0. The first kappa shape index (κ1) is 14.9. The van der Waals surface area contributed by atoms with Crippen LogP contribution in [0.3, 0.4) is 0 Å². The predicted molar refractivity (Wildman–Crippen MR) is 78.2 cm³/mol. The molecule has 0 aliphatic rings.